The Balaban J connectivity index is 0.000000200. The Morgan fingerprint density at radius 1 is 1.20 bits per heavy atom. The first-order valence-electron chi connectivity index (χ1n) is 5.41. The van der Waals surface area contributed by atoms with Crippen LogP contribution in [0.5, 0.6) is 5.75 Å². The van der Waals surface area contributed by atoms with Crippen molar-refractivity contribution < 1.29 is 24.9 Å². The number of imidazole rings is 1. The second kappa shape index (κ2) is 7.37. The van der Waals surface area contributed by atoms with Gasteiger partial charge in [0.25, 0.3) is 0 Å². The molecule has 2 rings (SSSR count). The minimum Gasteiger partial charge on any atom is -0.507 e. The maximum atomic E-state index is 10.3. The van der Waals surface area contributed by atoms with E-state index < -0.39 is 11.9 Å². The summed E-state index contributed by atoms with van der Waals surface area (Å²) in [5.74, 6) is -2.28. The van der Waals surface area contributed by atoms with Crippen LogP contribution in [0, 0.1) is 0 Å². The van der Waals surface area contributed by atoms with Crippen molar-refractivity contribution in [2.75, 3.05) is 0 Å². The Hall–Kier alpha value is -3.09. The number of aliphatic carboxylic acids is 1. The molecule has 7 heteroatoms. The summed E-state index contributed by atoms with van der Waals surface area (Å²) in [6.45, 7) is 0. The number of aromatic nitrogens is 2. The molecule has 0 amide bonds. The summed E-state index contributed by atoms with van der Waals surface area (Å²) in [5.41, 5.74) is 0.616. The fourth-order valence-electron chi connectivity index (χ4n) is 1.17. The Morgan fingerprint density at radius 2 is 1.90 bits per heavy atom. The van der Waals surface area contributed by atoms with E-state index in [1.165, 1.54) is 24.5 Å². The van der Waals surface area contributed by atoms with E-state index in [9.17, 15) is 9.59 Å². The number of rotatable bonds is 3. The van der Waals surface area contributed by atoms with Crippen LogP contribution in [0.3, 0.4) is 0 Å². The van der Waals surface area contributed by atoms with Crippen molar-refractivity contribution in [2.45, 2.75) is 0 Å². The first-order chi connectivity index (χ1) is 9.50. The monoisotopic (exact) mass is 276 g/mol. The molecule has 0 unspecified atom stereocenters. The maximum absolute atomic E-state index is 10.3. The molecule has 0 radical (unpaired) electrons. The Kier molecular flexibility index (Phi) is 5.51. The Morgan fingerprint density at radius 3 is 2.35 bits per heavy atom. The lowest BCUT2D eigenvalue weighted by Crippen LogP contribution is -1.95. The molecule has 0 fully saturated rings. The summed E-state index contributed by atoms with van der Waals surface area (Å²) < 4.78 is 0. The summed E-state index contributed by atoms with van der Waals surface area (Å²) in [5, 5.41) is 25.5. The van der Waals surface area contributed by atoms with Crippen LogP contribution in [0.1, 0.15) is 16.1 Å². The molecule has 104 valence electrons. The number of nitrogens with one attached hydrogen (secondary N) is 1. The molecule has 1 aromatic carbocycles. The van der Waals surface area contributed by atoms with Crippen LogP contribution >= 0.6 is 0 Å². The molecule has 1 heterocycles. The number of hydrogen-bond acceptors (Lipinski definition) is 4. The highest BCUT2D eigenvalue weighted by Crippen LogP contribution is 2.14. The lowest BCUT2D eigenvalue weighted by Gasteiger charge is -1.95. The second-order valence-corrected chi connectivity index (χ2v) is 3.50. The van der Waals surface area contributed by atoms with Gasteiger partial charge in [-0.3, -0.25) is 0 Å². The third-order valence-electron chi connectivity index (χ3n) is 2.06. The largest absolute Gasteiger partial charge is 0.507 e. The van der Waals surface area contributed by atoms with Crippen molar-refractivity contribution in [1.29, 1.82) is 0 Å². The quantitative estimate of drug-likeness (QED) is 0.631. The van der Waals surface area contributed by atoms with Gasteiger partial charge in [0.2, 0.25) is 0 Å². The lowest BCUT2D eigenvalue weighted by molar-refractivity contribution is -0.131. The number of hydrogen-bond donors (Lipinski definition) is 4. The van der Waals surface area contributed by atoms with Crippen LogP contribution in [0.15, 0.2) is 42.9 Å². The highest BCUT2D eigenvalue weighted by Gasteiger charge is 2.05. The van der Waals surface area contributed by atoms with Crippen LogP contribution in [-0.2, 0) is 4.79 Å². The van der Waals surface area contributed by atoms with Gasteiger partial charge in [0.05, 0.1) is 18.2 Å². The van der Waals surface area contributed by atoms with Crippen molar-refractivity contribution in [3.8, 4) is 5.75 Å². The molecule has 0 atom stereocenters. The molecule has 0 saturated heterocycles. The van der Waals surface area contributed by atoms with Gasteiger partial charge < -0.3 is 20.3 Å². The predicted octanol–water partition coefficient (Wildman–Crippen LogP) is 1.60. The van der Waals surface area contributed by atoms with Crippen LogP contribution in [-0.4, -0.2) is 37.2 Å². The number of carbonyl (C=O) groups is 2. The zero-order valence-electron chi connectivity index (χ0n) is 10.2. The zero-order chi connectivity index (χ0) is 15.0. The third kappa shape index (κ3) is 5.05. The van der Waals surface area contributed by atoms with Gasteiger partial charge in [0, 0.05) is 6.08 Å². The number of carboxylic acid groups (broad SMARTS) is 2. The van der Waals surface area contributed by atoms with Crippen molar-refractivity contribution in [1.82, 2.24) is 9.97 Å². The second-order valence-electron chi connectivity index (χ2n) is 3.50. The average Bonchev–Trinajstić information content (AvgIpc) is 2.90. The van der Waals surface area contributed by atoms with Crippen LogP contribution in [0.4, 0.5) is 0 Å². The van der Waals surface area contributed by atoms with Gasteiger partial charge in [-0.15, -0.1) is 0 Å². The highest BCUT2D eigenvalue weighted by molar-refractivity contribution is 5.90. The van der Waals surface area contributed by atoms with E-state index in [0.717, 1.165) is 6.08 Å². The van der Waals surface area contributed by atoms with E-state index in [0.29, 0.717) is 5.69 Å². The van der Waals surface area contributed by atoms with Crippen molar-refractivity contribution >= 4 is 18.0 Å². The van der Waals surface area contributed by atoms with Gasteiger partial charge in [0.1, 0.15) is 11.3 Å². The first-order valence-corrected chi connectivity index (χ1v) is 5.41. The smallest absolute Gasteiger partial charge is 0.339 e. The fourth-order valence-corrected chi connectivity index (χ4v) is 1.17. The van der Waals surface area contributed by atoms with Crippen molar-refractivity contribution in [3.05, 3.63) is 54.1 Å². The summed E-state index contributed by atoms with van der Waals surface area (Å²) in [6.07, 6.45) is 5.52. The number of phenols is 1. The number of benzene rings is 1. The molecular weight excluding hydrogens is 264 g/mol. The van der Waals surface area contributed by atoms with Gasteiger partial charge in [-0.2, -0.15) is 0 Å². The molecule has 0 aliphatic heterocycles. The highest BCUT2D eigenvalue weighted by atomic mass is 16.4. The van der Waals surface area contributed by atoms with E-state index in [1.807, 2.05) is 0 Å². The van der Waals surface area contributed by atoms with E-state index in [1.54, 1.807) is 18.3 Å². The molecule has 0 aliphatic carbocycles. The summed E-state index contributed by atoms with van der Waals surface area (Å²) in [6, 6.07) is 5.81. The maximum Gasteiger partial charge on any atom is 0.339 e. The number of para-hydroxylation sites is 1. The van der Waals surface area contributed by atoms with Gasteiger partial charge in [0.15, 0.2) is 0 Å². The molecule has 20 heavy (non-hydrogen) atoms. The fraction of sp³-hybridized carbons (Fsp3) is 0. The number of aromatic hydroxyl groups is 1. The normalized spacial score (nSPS) is 9.80. The minimum atomic E-state index is -1.11. The Labute approximate surface area is 113 Å². The number of H-pyrrole nitrogens is 1. The van der Waals surface area contributed by atoms with Crippen LogP contribution < -0.4 is 0 Å². The van der Waals surface area contributed by atoms with Gasteiger partial charge in [-0.05, 0) is 18.2 Å². The standard InChI is InChI=1S/C7H6O3.C6H6N2O2/c8-6-4-2-1-3-5(6)7(9)10;9-6(10)2-1-5-3-7-4-8-5/h1-4,8H,(H,9,10);1-4H,(H,7,8)(H,9,10). The van der Waals surface area contributed by atoms with E-state index in [4.69, 9.17) is 15.3 Å². The van der Waals surface area contributed by atoms with Gasteiger partial charge >= 0.3 is 11.9 Å². The minimum absolute atomic E-state index is 0.0671. The molecule has 0 bridgehead atoms. The first kappa shape index (κ1) is 15.0. The molecule has 4 N–H and O–H groups in total. The Bertz CT molecular complexity index is 605. The predicted molar refractivity (Wildman–Crippen MR) is 70.3 cm³/mol. The topological polar surface area (TPSA) is 124 Å². The average molecular weight is 276 g/mol. The summed E-state index contributed by atoms with van der Waals surface area (Å²) in [7, 11) is 0. The molecule has 0 spiro atoms. The van der Waals surface area contributed by atoms with Crippen LogP contribution in [0.25, 0.3) is 6.08 Å². The molecule has 1 aromatic heterocycles. The number of aromatic carboxylic acids is 1. The van der Waals surface area contributed by atoms with Crippen molar-refractivity contribution in [3.63, 3.8) is 0 Å². The molecule has 0 aliphatic rings. The zero-order valence-corrected chi connectivity index (χ0v) is 10.2. The lowest BCUT2D eigenvalue weighted by atomic mass is 10.2. The molecule has 7 nitrogen and oxygen atoms in total. The SMILES string of the molecule is O=C(O)C=Cc1cnc[nH]1.O=C(O)c1ccccc1O. The number of aromatic amines is 1. The van der Waals surface area contributed by atoms with Crippen molar-refractivity contribution in [2.24, 2.45) is 0 Å². The van der Waals surface area contributed by atoms with E-state index >= 15 is 0 Å². The number of carboxylic acids is 2. The molecule has 2 aromatic rings. The summed E-state index contributed by atoms with van der Waals surface area (Å²) in [4.78, 5) is 26.7. The van der Waals surface area contributed by atoms with Gasteiger partial charge in [-0.1, -0.05) is 12.1 Å². The van der Waals surface area contributed by atoms with E-state index in [-0.39, 0.29) is 11.3 Å². The number of nitrogens with zero attached hydrogens (tertiary/aromatic N) is 1. The summed E-state index contributed by atoms with van der Waals surface area (Å²) >= 11 is 0. The molecular formula is C13H12N2O5. The van der Waals surface area contributed by atoms with E-state index in [2.05, 4.69) is 9.97 Å². The van der Waals surface area contributed by atoms with Gasteiger partial charge in [-0.25, -0.2) is 14.6 Å². The van der Waals surface area contributed by atoms with Crippen LogP contribution in [0.2, 0.25) is 0 Å². The molecule has 0 saturated carbocycles. The third-order valence-corrected chi connectivity index (χ3v) is 2.06.